The van der Waals surface area contributed by atoms with Gasteiger partial charge in [0.2, 0.25) is 5.91 Å². The molecule has 0 radical (unpaired) electrons. The number of rotatable bonds is 1. The third-order valence-corrected chi connectivity index (χ3v) is 4.19. The number of nitrogens with one attached hydrogen (secondary N) is 1. The summed E-state index contributed by atoms with van der Waals surface area (Å²) in [6.45, 7) is 3.55. The lowest BCUT2D eigenvalue weighted by Gasteiger charge is -2.36. The number of halogens is 2. The molecule has 0 aromatic heterocycles. The van der Waals surface area contributed by atoms with Crippen molar-refractivity contribution in [2.45, 2.75) is 32.0 Å². The second-order valence-electron chi connectivity index (χ2n) is 5.50. The first-order valence-electron chi connectivity index (χ1n) is 7.17. The van der Waals surface area contributed by atoms with Crippen LogP contribution in [0.1, 0.15) is 18.1 Å². The van der Waals surface area contributed by atoms with E-state index in [1.165, 1.54) is 0 Å². The van der Waals surface area contributed by atoms with E-state index < -0.39 is 17.7 Å². The van der Waals surface area contributed by atoms with Crippen molar-refractivity contribution in [2.75, 3.05) is 19.7 Å². The van der Waals surface area contributed by atoms with Gasteiger partial charge in [-0.15, -0.1) is 0 Å². The van der Waals surface area contributed by atoms with Crippen LogP contribution in [0.2, 0.25) is 0 Å². The third kappa shape index (κ3) is 2.65. The molecule has 2 aliphatic rings. The lowest BCUT2D eigenvalue weighted by Crippen LogP contribution is -2.57. The van der Waals surface area contributed by atoms with Crippen molar-refractivity contribution in [1.29, 1.82) is 0 Å². The van der Waals surface area contributed by atoms with Crippen LogP contribution < -0.4 is 5.32 Å². The maximum Gasteiger partial charge on any atom is 0.242 e. The maximum absolute atomic E-state index is 13.9. The summed E-state index contributed by atoms with van der Waals surface area (Å²) in [4.78, 5) is 14.1. The molecule has 0 unspecified atom stereocenters. The van der Waals surface area contributed by atoms with Gasteiger partial charge in [-0.3, -0.25) is 4.79 Å². The van der Waals surface area contributed by atoms with Gasteiger partial charge in [0.05, 0.1) is 12.7 Å². The SMILES string of the molecule is C[C@H]1OCCN[C@@H]1C(=O)N1CCc2c(F)ccc(F)c2C1. The summed E-state index contributed by atoms with van der Waals surface area (Å²) in [5.41, 5.74) is 0.680. The van der Waals surface area contributed by atoms with E-state index in [2.05, 4.69) is 5.32 Å². The van der Waals surface area contributed by atoms with Crippen LogP contribution in [0.15, 0.2) is 12.1 Å². The molecule has 21 heavy (non-hydrogen) atoms. The molecule has 0 spiro atoms. The van der Waals surface area contributed by atoms with Crippen LogP contribution in [0.4, 0.5) is 8.78 Å². The van der Waals surface area contributed by atoms with Crippen molar-refractivity contribution < 1.29 is 18.3 Å². The Morgan fingerprint density at radius 1 is 1.33 bits per heavy atom. The molecule has 3 rings (SSSR count). The maximum atomic E-state index is 13.9. The topological polar surface area (TPSA) is 41.6 Å². The Kier molecular flexibility index (Phi) is 3.91. The zero-order valence-corrected chi connectivity index (χ0v) is 11.9. The van der Waals surface area contributed by atoms with Gasteiger partial charge >= 0.3 is 0 Å². The standard InChI is InChI=1S/C15H18F2N2O2/c1-9-14(18-5-7-21-9)15(20)19-6-4-10-11(8-19)13(17)3-2-12(10)16/h2-3,9,14,18H,4-8H2,1H3/t9-,14+/m1/s1. The summed E-state index contributed by atoms with van der Waals surface area (Å²) in [7, 11) is 0. The van der Waals surface area contributed by atoms with Crippen LogP contribution in [0.25, 0.3) is 0 Å². The minimum atomic E-state index is -0.454. The van der Waals surface area contributed by atoms with Gasteiger partial charge in [0, 0.05) is 25.2 Å². The molecule has 4 nitrogen and oxygen atoms in total. The highest BCUT2D eigenvalue weighted by Crippen LogP contribution is 2.25. The van der Waals surface area contributed by atoms with E-state index in [0.29, 0.717) is 37.2 Å². The van der Waals surface area contributed by atoms with Crippen LogP contribution in [0.3, 0.4) is 0 Å². The molecule has 1 fully saturated rings. The van der Waals surface area contributed by atoms with Crippen molar-refractivity contribution in [2.24, 2.45) is 0 Å². The lowest BCUT2D eigenvalue weighted by molar-refractivity contribution is -0.140. The van der Waals surface area contributed by atoms with Gasteiger partial charge in [0.15, 0.2) is 0 Å². The Balaban J connectivity index is 1.79. The Labute approximate surface area is 122 Å². The first-order valence-corrected chi connectivity index (χ1v) is 7.17. The smallest absolute Gasteiger partial charge is 0.242 e. The van der Waals surface area contributed by atoms with Crippen LogP contribution in [-0.2, 0) is 22.5 Å². The molecule has 1 aromatic carbocycles. The molecule has 0 saturated carbocycles. The molecule has 2 heterocycles. The summed E-state index contributed by atoms with van der Waals surface area (Å²) in [6, 6.07) is 1.84. The first kappa shape index (κ1) is 14.4. The molecule has 1 saturated heterocycles. The first-order chi connectivity index (χ1) is 10.1. The summed E-state index contributed by atoms with van der Waals surface area (Å²) in [5.74, 6) is -0.965. The van der Waals surface area contributed by atoms with E-state index >= 15 is 0 Å². The van der Waals surface area contributed by atoms with Gasteiger partial charge in [-0.2, -0.15) is 0 Å². The Morgan fingerprint density at radius 3 is 2.76 bits per heavy atom. The van der Waals surface area contributed by atoms with Crippen molar-refractivity contribution in [1.82, 2.24) is 10.2 Å². The van der Waals surface area contributed by atoms with Gasteiger partial charge in [-0.1, -0.05) is 0 Å². The zero-order valence-electron chi connectivity index (χ0n) is 11.9. The predicted molar refractivity (Wildman–Crippen MR) is 72.7 cm³/mol. The number of fused-ring (bicyclic) bond motifs is 1. The number of amides is 1. The van der Waals surface area contributed by atoms with Crippen molar-refractivity contribution in [3.8, 4) is 0 Å². The second-order valence-corrected chi connectivity index (χ2v) is 5.50. The van der Waals surface area contributed by atoms with E-state index in [4.69, 9.17) is 4.74 Å². The number of morpholine rings is 1. The fourth-order valence-electron chi connectivity index (χ4n) is 2.99. The molecule has 1 aromatic rings. The molecule has 1 N–H and O–H groups in total. The predicted octanol–water partition coefficient (Wildman–Crippen LogP) is 1.23. The highest BCUT2D eigenvalue weighted by Gasteiger charge is 2.34. The average molecular weight is 296 g/mol. The fourth-order valence-corrected chi connectivity index (χ4v) is 2.99. The van der Waals surface area contributed by atoms with E-state index in [0.717, 1.165) is 12.1 Å². The summed E-state index contributed by atoms with van der Waals surface area (Å²) in [6.07, 6.45) is 0.122. The molecule has 0 aliphatic carbocycles. The molecular formula is C15H18F2N2O2. The van der Waals surface area contributed by atoms with Gasteiger partial charge in [-0.05, 0) is 31.0 Å². The normalized spacial score (nSPS) is 25.6. The third-order valence-electron chi connectivity index (χ3n) is 4.19. The summed E-state index contributed by atoms with van der Waals surface area (Å²) < 4.78 is 33.0. The van der Waals surface area contributed by atoms with Gasteiger partial charge in [-0.25, -0.2) is 8.78 Å². The number of benzene rings is 1. The number of ether oxygens (including phenoxy) is 1. The molecule has 2 atom stereocenters. The van der Waals surface area contributed by atoms with E-state index in [1.54, 1.807) is 4.90 Å². The zero-order chi connectivity index (χ0) is 15.0. The van der Waals surface area contributed by atoms with Crippen molar-refractivity contribution in [3.05, 3.63) is 34.9 Å². The molecular weight excluding hydrogens is 278 g/mol. The van der Waals surface area contributed by atoms with Crippen molar-refractivity contribution >= 4 is 5.91 Å². The van der Waals surface area contributed by atoms with E-state index in [9.17, 15) is 13.6 Å². The highest BCUT2D eigenvalue weighted by molar-refractivity contribution is 5.83. The Bertz CT molecular complexity index is 565. The van der Waals surface area contributed by atoms with E-state index in [-0.39, 0.29) is 18.6 Å². The Morgan fingerprint density at radius 2 is 2.05 bits per heavy atom. The fraction of sp³-hybridized carbons (Fsp3) is 0.533. The number of hydrogen-bond acceptors (Lipinski definition) is 3. The molecule has 114 valence electrons. The molecule has 2 aliphatic heterocycles. The lowest BCUT2D eigenvalue weighted by atomic mass is 9.97. The summed E-state index contributed by atoms with van der Waals surface area (Å²) >= 11 is 0. The number of carbonyl (C=O) groups excluding carboxylic acids is 1. The Hall–Kier alpha value is -1.53. The summed E-state index contributed by atoms with van der Waals surface area (Å²) in [5, 5.41) is 3.13. The number of nitrogens with zero attached hydrogens (tertiary/aromatic N) is 1. The van der Waals surface area contributed by atoms with Gasteiger partial charge in [0.1, 0.15) is 17.7 Å². The minimum absolute atomic E-state index is 0.114. The molecule has 1 amide bonds. The van der Waals surface area contributed by atoms with Crippen LogP contribution >= 0.6 is 0 Å². The largest absolute Gasteiger partial charge is 0.375 e. The van der Waals surface area contributed by atoms with Crippen molar-refractivity contribution in [3.63, 3.8) is 0 Å². The van der Waals surface area contributed by atoms with Gasteiger partial charge in [0.25, 0.3) is 0 Å². The second kappa shape index (κ2) is 5.69. The van der Waals surface area contributed by atoms with Crippen LogP contribution in [0.5, 0.6) is 0 Å². The van der Waals surface area contributed by atoms with Crippen LogP contribution in [0, 0.1) is 11.6 Å². The van der Waals surface area contributed by atoms with E-state index in [1.807, 2.05) is 6.92 Å². The van der Waals surface area contributed by atoms with Crippen LogP contribution in [-0.4, -0.2) is 42.6 Å². The van der Waals surface area contributed by atoms with Gasteiger partial charge < -0.3 is 15.0 Å². The highest BCUT2D eigenvalue weighted by atomic mass is 19.1. The number of hydrogen-bond donors (Lipinski definition) is 1. The minimum Gasteiger partial charge on any atom is -0.375 e. The monoisotopic (exact) mass is 296 g/mol. The molecule has 6 heteroatoms. The molecule has 0 bridgehead atoms. The average Bonchev–Trinajstić information content (AvgIpc) is 2.50. The quantitative estimate of drug-likeness (QED) is 0.847. The number of carbonyl (C=O) groups is 1.